The molecule has 5 unspecified atom stereocenters. The van der Waals surface area contributed by atoms with E-state index >= 15 is 0 Å². The van der Waals surface area contributed by atoms with Crippen molar-refractivity contribution in [1.82, 2.24) is 15.8 Å². The van der Waals surface area contributed by atoms with E-state index in [0.29, 0.717) is 6.61 Å². The average Bonchev–Trinajstić information content (AvgIpc) is 3.42. The molecule has 2 heterocycles. The van der Waals surface area contributed by atoms with Crippen LogP contribution in [0.4, 0.5) is 0 Å². The average molecular weight is 413 g/mol. The third-order valence-electron chi connectivity index (χ3n) is 6.27. The number of thioether (sulfide) groups is 1. The van der Waals surface area contributed by atoms with Gasteiger partial charge in [0.2, 0.25) is 0 Å². The lowest BCUT2D eigenvalue weighted by Crippen LogP contribution is -2.59. The third-order valence-corrected chi connectivity index (χ3v) is 6.99. The van der Waals surface area contributed by atoms with Gasteiger partial charge in [0, 0.05) is 6.04 Å². The van der Waals surface area contributed by atoms with E-state index in [2.05, 4.69) is 53.9 Å². The molecule has 0 amide bonds. The number of nitriles is 1. The molecule has 0 radical (unpaired) electrons. The molecule has 0 aromatic heterocycles. The molecular formula is C22H28N4O2S. The zero-order valence-electron chi connectivity index (χ0n) is 17.4. The molecule has 1 aliphatic carbocycles. The zero-order valence-corrected chi connectivity index (χ0v) is 18.2. The van der Waals surface area contributed by atoms with Gasteiger partial charge in [-0.05, 0) is 56.9 Å². The van der Waals surface area contributed by atoms with E-state index in [1.807, 2.05) is 13.2 Å². The van der Waals surface area contributed by atoms with Gasteiger partial charge in [-0.2, -0.15) is 10.3 Å². The van der Waals surface area contributed by atoms with Crippen molar-refractivity contribution in [2.24, 2.45) is 11.8 Å². The molecule has 29 heavy (non-hydrogen) atoms. The van der Waals surface area contributed by atoms with Gasteiger partial charge in [0.05, 0.1) is 29.2 Å². The van der Waals surface area contributed by atoms with E-state index in [1.54, 1.807) is 11.8 Å². The number of benzene rings is 1. The number of hydrazine groups is 1. The van der Waals surface area contributed by atoms with Gasteiger partial charge < -0.3 is 10.2 Å². The molecule has 2 aliphatic heterocycles. The van der Waals surface area contributed by atoms with Crippen LogP contribution in [0.1, 0.15) is 42.5 Å². The second kappa shape index (κ2) is 8.02. The first-order chi connectivity index (χ1) is 14.0. The summed E-state index contributed by atoms with van der Waals surface area (Å²) in [5.74, 6) is 0.153. The maximum Gasteiger partial charge on any atom is 0.309 e. The van der Waals surface area contributed by atoms with Gasteiger partial charge in [0.1, 0.15) is 12.2 Å². The van der Waals surface area contributed by atoms with E-state index in [4.69, 9.17) is 4.74 Å². The first-order valence-electron chi connectivity index (χ1n) is 10.2. The van der Waals surface area contributed by atoms with Gasteiger partial charge in [-0.3, -0.25) is 10.1 Å². The molecule has 1 saturated carbocycles. The molecule has 2 fully saturated rings. The molecule has 0 bridgehead atoms. The highest BCUT2D eigenvalue weighted by molar-refractivity contribution is 8.02. The summed E-state index contributed by atoms with van der Waals surface area (Å²) in [6.07, 6.45) is 3.54. The topological polar surface area (TPSA) is 77.4 Å². The summed E-state index contributed by atoms with van der Waals surface area (Å²) >= 11 is 1.56. The van der Waals surface area contributed by atoms with Gasteiger partial charge in [0.25, 0.3) is 0 Å². The fraction of sp³-hybridized carbons (Fsp3) is 0.545. The Labute approximate surface area is 176 Å². The van der Waals surface area contributed by atoms with Gasteiger partial charge in [0.15, 0.2) is 0 Å². The lowest BCUT2D eigenvalue weighted by Gasteiger charge is -2.43. The van der Waals surface area contributed by atoms with Crippen LogP contribution in [0.25, 0.3) is 0 Å². The van der Waals surface area contributed by atoms with Gasteiger partial charge >= 0.3 is 5.97 Å². The molecule has 1 saturated heterocycles. The van der Waals surface area contributed by atoms with Crippen LogP contribution in [-0.2, 0) is 9.53 Å². The van der Waals surface area contributed by atoms with E-state index in [9.17, 15) is 10.1 Å². The van der Waals surface area contributed by atoms with Gasteiger partial charge in [-0.15, -0.1) is 11.8 Å². The smallest absolute Gasteiger partial charge is 0.309 e. The second-order valence-electron chi connectivity index (χ2n) is 8.12. The Morgan fingerprint density at radius 2 is 2.17 bits per heavy atom. The van der Waals surface area contributed by atoms with Gasteiger partial charge in [-0.1, -0.05) is 23.8 Å². The summed E-state index contributed by atoms with van der Waals surface area (Å²) in [7, 11) is 0. The van der Waals surface area contributed by atoms with Crippen LogP contribution < -0.4 is 10.7 Å². The number of carbonyl (C=O) groups is 1. The molecule has 4 rings (SSSR count). The van der Waals surface area contributed by atoms with Crippen molar-refractivity contribution in [2.75, 3.05) is 12.9 Å². The van der Waals surface area contributed by atoms with Crippen LogP contribution in [0.5, 0.6) is 0 Å². The molecule has 2 N–H and O–H groups in total. The summed E-state index contributed by atoms with van der Waals surface area (Å²) in [5.41, 5.74) is 7.96. The molecule has 3 aliphatic rings. The summed E-state index contributed by atoms with van der Waals surface area (Å²) in [5, 5.41) is 16.5. The van der Waals surface area contributed by atoms with Gasteiger partial charge in [-0.25, -0.2) is 0 Å². The number of fused-ring (bicyclic) bond motifs is 1. The minimum Gasteiger partial charge on any atom is -0.466 e. The Morgan fingerprint density at radius 1 is 1.38 bits per heavy atom. The Hall–Kier alpha value is -2.01. The van der Waals surface area contributed by atoms with E-state index < -0.39 is 0 Å². The minimum absolute atomic E-state index is 0.0253. The monoisotopic (exact) mass is 412 g/mol. The van der Waals surface area contributed by atoms with Crippen LogP contribution >= 0.6 is 11.8 Å². The fourth-order valence-corrected chi connectivity index (χ4v) is 5.35. The number of rotatable bonds is 5. The summed E-state index contributed by atoms with van der Waals surface area (Å²) < 4.78 is 5.24. The maximum absolute atomic E-state index is 12.2. The van der Waals surface area contributed by atoms with Crippen molar-refractivity contribution in [2.45, 2.75) is 51.9 Å². The number of esters is 1. The lowest BCUT2D eigenvalue weighted by molar-refractivity contribution is -0.145. The van der Waals surface area contributed by atoms with Crippen molar-refractivity contribution in [3.8, 4) is 6.07 Å². The van der Waals surface area contributed by atoms with Crippen molar-refractivity contribution in [1.29, 1.82) is 5.26 Å². The van der Waals surface area contributed by atoms with E-state index in [-0.39, 0.29) is 36.1 Å². The number of aryl methyl sites for hydroxylation is 2. The number of ether oxygens (including phenoxy) is 1. The molecule has 6 nitrogen and oxygen atoms in total. The summed E-state index contributed by atoms with van der Waals surface area (Å²) in [6.45, 7) is 6.52. The minimum atomic E-state index is -0.185. The highest BCUT2D eigenvalue weighted by Crippen LogP contribution is 2.48. The van der Waals surface area contributed by atoms with Crippen molar-refractivity contribution >= 4 is 17.7 Å². The van der Waals surface area contributed by atoms with Crippen molar-refractivity contribution in [3.63, 3.8) is 0 Å². The normalized spacial score (nSPS) is 31.1. The molecule has 154 valence electrons. The van der Waals surface area contributed by atoms with Crippen LogP contribution in [0.15, 0.2) is 28.8 Å². The molecule has 0 spiro atoms. The summed E-state index contributed by atoms with van der Waals surface area (Å²) in [6, 6.07) is 9.26. The molecule has 1 aromatic rings. The SMILES string of the molecule is CCOC(=O)C1CC1C1CC(c2ccc(C)cc2C)N2NC(SC)=C(C#N)C2N1. The number of carbonyl (C=O) groups excluding carboxylic acids is 1. The molecular weight excluding hydrogens is 384 g/mol. The van der Waals surface area contributed by atoms with E-state index in [1.165, 1.54) is 16.7 Å². The van der Waals surface area contributed by atoms with Crippen LogP contribution in [0.2, 0.25) is 0 Å². The first kappa shape index (κ1) is 20.3. The van der Waals surface area contributed by atoms with Crippen LogP contribution in [-0.4, -0.2) is 36.0 Å². The predicted molar refractivity (Wildman–Crippen MR) is 113 cm³/mol. The number of nitrogens with one attached hydrogen (secondary N) is 2. The van der Waals surface area contributed by atoms with Crippen molar-refractivity contribution in [3.05, 3.63) is 45.5 Å². The highest BCUT2D eigenvalue weighted by atomic mass is 32.2. The highest BCUT2D eigenvalue weighted by Gasteiger charge is 2.53. The summed E-state index contributed by atoms with van der Waals surface area (Å²) in [4.78, 5) is 12.2. The van der Waals surface area contributed by atoms with Crippen LogP contribution in [0.3, 0.4) is 0 Å². The fourth-order valence-electron chi connectivity index (χ4n) is 4.77. The van der Waals surface area contributed by atoms with Crippen LogP contribution in [0, 0.1) is 37.0 Å². The lowest BCUT2D eigenvalue weighted by atomic mass is 9.89. The molecule has 5 atom stereocenters. The number of hydrogen-bond donors (Lipinski definition) is 2. The maximum atomic E-state index is 12.2. The first-order valence-corrected chi connectivity index (χ1v) is 11.4. The Balaban J connectivity index is 1.64. The number of hydrogen-bond acceptors (Lipinski definition) is 7. The predicted octanol–water partition coefficient (Wildman–Crippen LogP) is 3.15. The Bertz CT molecular complexity index is 893. The Morgan fingerprint density at radius 3 is 2.83 bits per heavy atom. The van der Waals surface area contributed by atoms with Crippen molar-refractivity contribution < 1.29 is 9.53 Å². The molecule has 7 heteroatoms. The van der Waals surface area contributed by atoms with E-state index in [0.717, 1.165) is 23.4 Å². The Kier molecular flexibility index (Phi) is 5.60. The third kappa shape index (κ3) is 3.65. The quantitative estimate of drug-likeness (QED) is 0.720. The molecule has 1 aromatic carbocycles. The standard InChI is InChI=1S/C22H28N4O2S/c1-5-28-22(27)16-9-15(16)18-10-19(14-7-6-12(2)8-13(14)3)26-20(24-18)17(11-23)21(25-26)29-4/h6-8,15-16,18-20,24-25H,5,9-10H2,1-4H3. The second-order valence-corrected chi connectivity index (χ2v) is 8.94. The largest absolute Gasteiger partial charge is 0.466 e. The number of nitrogens with zero attached hydrogens (tertiary/aromatic N) is 2. The zero-order chi connectivity index (χ0) is 20.7.